The molecule has 0 fully saturated rings. The third-order valence-electron chi connectivity index (χ3n) is 3.71. The quantitative estimate of drug-likeness (QED) is 0.839. The van der Waals surface area contributed by atoms with E-state index in [-0.39, 0.29) is 0 Å². The smallest absolute Gasteiger partial charge is 0.110 e. The number of likely N-dealkylation sites (N-methyl/N-ethyl adjacent to an activating group) is 1. The fourth-order valence-corrected chi connectivity index (χ4v) is 2.48. The van der Waals surface area contributed by atoms with E-state index in [9.17, 15) is 0 Å². The second kappa shape index (κ2) is 7.25. The van der Waals surface area contributed by atoms with Crippen LogP contribution in [0.15, 0.2) is 36.7 Å². The van der Waals surface area contributed by atoms with Crippen molar-refractivity contribution in [3.8, 4) is 0 Å². The number of nitrogens with one attached hydrogen (secondary N) is 1. The topological polar surface area (TPSA) is 29.9 Å². The second-order valence-corrected chi connectivity index (χ2v) is 5.42. The van der Waals surface area contributed by atoms with Crippen molar-refractivity contribution in [2.45, 2.75) is 45.7 Å². The molecule has 3 nitrogen and oxygen atoms in total. The average molecular weight is 271 g/mol. The minimum Gasteiger partial charge on any atom is -0.335 e. The van der Waals surface area contributed by atoms with Crippen molar-refractivity contribution in [2.75, 3.05) is 7.05 Å². The molecule has 1 N–H and O–H groups in total. The summed E-state index contributed by atoms with van der Waals surface area (Å²) in [6, 6.07) is 9.23. The molecule has 1 heterocycles. The molecule has 0 radical (unpaired) electrons. The first kappa shape index (κ1) is 14.8. The van der Waals surface area contributed by atoms with Crippen LogP contribution in [0.3, 0.4) is 0 Å². The largest absolute Gasteiger partial charge is 0.335 e. The number of rotatable bonds is 7. The Kier molecular flexibility index (Phi) is 5.36. The molecule has 0 saturated heterocycles. The van der Waals surface area contributed by atoms with Crippen LogP contribution in [0, 0.1) is 6.92 Å². The van der Waals surface area contributed by atoms with Crippen molar-refractivity contribution < 1.29 is 0 Å². The molecule has 3 heteroatoms. The first-order valence-corrected chi connectivity index (χ1v) is 7.45. The zero-order chi connectivity index (χ0) is 14.4. The van der Waals surface area contributed by atoms with Crippen LogP contribution in [0.4, 0.5) is 0 Å². The minimum absolute atomic E-state index is 0.427. The number of aryl methyl sites for hydroxylation is 2. The van der Waals surface area contributed by atoms with E-state index >= 15 is 0 Å². The maximum Gasteiger partial charge on any atom is 0.110 e. The van der Waals surface area contributed by atoms with Gasteiger partial charge in [-0.2, -0.15) is 0 Å². The third kappa shape index (κ3) is 3.94. The molecule has 108 valence electrons. The van der Waals surface area contributed by atoms with Crippen LogP contribution < -0.4 is 5.32 Å². The van der Waals surface area contributed by atoms with Gasteiger partial charge in [0.05, 0.1) is 0 Å². The van der Waals surface area contributed by atoms with E-state index < -0.39 is 0 Å². The van der Waals surface area contributed by atoms with Gasteiger partial charge >= 0.3 is 0 Å². The van der Waals surface area contributed by atoms with Crippen LogP contribution in [0.5, 0.6) is 0 Å². The van der Waals surface area contributed by atoms with Crippen molar-refractivity contribution in [1.82, 2.24) is 14.9 Å². The molecule has 1 unspecified atom stereocenters. The summed E-state index contributed by atoms with van der Waals surface area (Å²) >= 11 is 0. The highest BCUT2D eigenvalue weighted by molar-refractivity contribution is 5.22. The fraction of sp³-hybridized carbons (Fsp3) is 0.471. The van der Waals surface area contributed by atoms with Gasteiger partial charge < -0.3 is 9.88 Å². The summed E-state index contributed by atoms with van der Waals surface area (Å²) in [6.07, 6.45) is 7.14. The van der Waals surface area contributed by atoms with Gasteiger partial charge in [-0.1, -0.05) is 36.8 Å². The summed E-state index contributed by atoms with van der Waals surface area (Å²) in [5.41, 5.74) is 2.69. The normalized spacial score (nSPS) is 12.6. The fourth-order valence-electron chi connectivity index (χ4n) is 2.48. The number of hydrogen-bond donors (Lipinski definition) is 1. The number of benzene rings is 1. The van der Waals surface area contributed by atoms with E-state index in [1.54, 1.807) is 0 Å². The number of imidazole rings is 1. The van der Waals surface area contributed by atoms with Crippen molar-refractivity contribution in [2.24, 2.45) is 0 Å². The highest BCUT2D eigenvalue weighted by Gasteiger charge is 2.12. The van der Waals surface area contributed by atoms with Gasteiger partial charge in [-0.15, -0.1) is 0 Å². The molecule has 0 bridgehead atoms. The van der Waals surface area contributed by atoms with E-state index in [2.05, 4.69) is 59.2 Å². The Bertz CT molecular complexity index is 513. The molecule has 0 aliphatic heterocycles. The molecule has 0 aliphatic rings. The van der Waals surface area contributed by atoms with E-state index in [1.165, 1.54) is 17.0 Å². The molecule has 1 aromatic carbocycles. The molecule has 0 aliphatic carbocycles. The van der Waals surface area contributed by atoms with E-state index in [4.69, 9.17) is 0 Å². The summed E-state index contributed by atoms with van der Waals surface area (Å²) in [5, 5.41) is 3.42. The van der Waals surface area contributed by atoms with Gasteiger partial charge in [0.15, 0.2) is 0 Å². The Hall–Kier alpha value is -1.61. The summed E-state index contributed by atoms with van der Waals surface area (Å²) in [4.78, 5) is 4.50. The summed E-state index contributed by atoms with van der Waals surface area (Å²) in [5.74, 6) is 1.18. The zero-order valence-electron chi connectivity index (χ0n) is 12.8. The zero-order valence-corrected chi connectivity index (χ0v) is 12.8. The van der Waals surface area contributed by atoms with Crippen molar-refractivity contribution >= 4 is 0 Å². The Morgan fingerprint density at radius 1 is 1.20 bits per heavy atom. The molecule has 0 spiro atoms. The van der Waals surface area contributed by atoms with Crippen molar-refractivity contribution in [3.05, 3.63) is 53.6 Å². The monoisotopic (exact) mass is 271 g/mol. The van der Waals surface area contributed by atoms with Gasteiger partial charge in [-0.25, -0.2) is 4.98 Å². The van der Waals surface area contributed by atoms with E-state index in [0.29, 0.717) is 6.04 Å². The lowest BCUT2D eigenvalue weighted by atomic mass is 10.0. The highest BCUT2D eigenvalue weighted by atomic mass is 15.1. The van der Waals surface area contributed by atoms with Gasteiger partial charge in [0.1, 0.15) is 5.82 Å². The van der Waals surface area contributed by atoms with Gasteiger partial charge in [0, 0.05) is 31.4 Å². The molecular formula is C17H25N3. The lowest BCUT2D eigenvalue weighted by Crippen LogP contribution is -2.31. The van der Waals surface area contributed by atoms with Crippen molar-refractivity contribution in [3.63, 3.8) is 0 Å². The number of hydrogen-bond acceptors (Lipinski definition) is 2. The Morgan fingerprint density at radius 3 is 2.60 bits per heavy atom. The molecule has 2 rings (SSSR count). The maximum absolute atomic E-state index is 4.50. The predicted molar refractivity (Wildman–Crippen MR) is 84.0 cm³/mol. The first-order valence-electron chi connectivity index (χ1n) is 7.45. The molecule has 0 saturated carbocycles. The first-order chi connectivity index (χ1) is 9.72. The summed E-state index contributed by atoms with van der Waals surface area (Å²) in [6.45, 7) is 5.38. The van der Waals surface area contributed by atoms with Gasteiger partial charge in [-0.05, 0) is 32.4 Å². The van der Waals surface area contributed by atoms with Gasteiger partial charge in [0.2, 0.25) is 0 Å². The van der Waals surface area contributed by atoms with Crippen LogP contribution in [0.2, 0.25) is 0 Å². The van der Waals surface area contributed by atoms with Crippen molar-refractivity contribution in [1.29, 1.82) is 0 Å². The van der Waals surface area contributed by atoms with Gasteiger partial charge in [0.25, 0.3) is 0 Å². The van der Waals surface area contributed by atoms with Crippen LogP contribution in [-0.2, 0) is 19.4 Å². The summed E-state index contributed by atoms with van der Waals surface area (Å²) in [7, 11) is 2.03. The number of aromatic nitrogens is 2. The average Bonchev–Trinajstić information content (AvgIpc) is 2.88. The number of nitrogens with zero attached hydrogens (tertiary/aromatic N) is 2. The van der Waals surface area contributed by atoms with E-state index in [1.807, 2.05) is 13.2 Å². The lowest BCUT2D eigenvalue weighted by molar-refractivity contribution is 0.520. The van der Waals surface area contributed by atoms with Gasteiger partial charge in [-0.3, -0.25) is 0 Å². The third-order valence-corrected chi connectivity index (χ3v) is 3.71. The van der Waals surface area contributed by atoms with Crippen LogP contribution >= 0.6 is 0 Å². The predicted octanol–water partition coefficient (Wildman–Crippen LogP) is 2.97. The lowest BCUT2D eigenvalue weighted by Gasteiger charge is -2.17. The highest BCUT2D eigenvalue weighted by Crippen LogP contribution is 2.10. The van der Waals surface area contributed by atoms with E-state index in [0.717, 1.165) is 25.8 Å². The standard InChI is InChI=1S/C17H25N3/c1-4-10-20-11-9-19-17(20)13-16(18-3)12-15-7-5-14(2)6-8-15/h5-9,11,16,18H,4,10,12-13H2,1-3H3. The van der Waals surface area contributed by atoms with Crippen LogP contribution in [0.1, 0.15) is 30.3 Å². The second-order valence-electron chi connectivity index (χ2n) is 5.42. The van der Waals surface area contributed by atoms with Crippen LogP contribution in [-0.4, -0.2) is 22.6 Å². The minimum atomic E-state index is 0.427. The molecule has 20 heavy (non-hydrogen) atoms. The summed E-state index contributed by atoms with van der Waals surface area (Å²) < 4.78 is 2.26. The Morgan fingerprint density at radius 2 is 1.95 bits per heavy atom. The Labute approximate surface area is 122 Å². The Balaban J connectivity index is 2.01. The molecule has 2 aromatic rings. The maximum atomic E-state index is 4.50. The molecular weight excluding hydrogens is 246 g/mol. The SMILES string of the molecule is CCCn1ccnc1CC(Cc1ccc(C)cc1)NC. The molecule has 1 atom stereocenters. The molecule has 1 aromatic heterocycles. The molecule has 0 amide bonds. The van der Waals surface area contributed by atoms with Crippen LogP contribution in [0.25, 0.3) is 0 Å².